The molecule has 2 heterocycles. The van der Waals surface area contributed by atoms with Gasteiger partial charge in [0, 0.05) is 25.2 Å². The van der Waals surface area contributed by atoms with Crippen molar-refractivity contribution in [3.8, 4) is 11.1 Å². The minimum absolute atomic E-state index is 0.0613. The summed E-state index contributed by atoms with van der Waals surface area (Å²) in [7, 11) is 0. The maximum Gasteiger partial charge on any atom is 0.361 e. The van der Waals surface area contributed by atoms with Crippen LogP contribution in [0.2, 0.25) is 0 Å². The highest BCUT2D eigenvalue weighted by atomic mass is 16.6. The van der Waals surface area contributed by atoms with Crippen LogP contribution >= 0.6 is 0 Å². The van der Waals surface area contributed by atoms with Crippen molar-refractivity contribution >= 4 is 17.6 Å². The smallest absolute Gasteiger partial charge is 0.361 e. The van der Waals surface area contributed by atoms with Crippen molar-refractivity contribution in [1.82, 2.24) is 10.1 Å². The number of piperidine rings is 1. The van der Waals surface area contributed by atoms with Crippen LogP contribution in [0.15, 0.2) is 28.8 Å². The summed E-state index contributed by atoms with van der Waals surface area (Å²) in [5.41, 5.74) is 0.395. The Hall–Kier alpha value is -3.23. The first-order valence-electron chi connectivity index (χ1n) is 8.73. The van der Waals surface area contributed by atoms with Crippen LogP contribution in [-0.2, 0) is 4.74 Å². The Balaban J connectivity index is 2.04. The molecule has 0 atom stereocenters. The van der Waals surface area contributed by atoms with Gasteiger partial charge < -0.3 is 14.2 Å². The zero-order chi connectivity index (χ0) is 19.4. The summed E-state index contributed by atoms with van der Waals surface area (Å²) in [6.07, 6.45) is 2.86. The van der Waals surface area contributed by atoms with Gasteiger partial charge in [-0.15, -0.1) is 0 Å². The maximum atomic E-state index is 12.9. The van der Waals surface area contributed by atoms with Gasteiger partial charge in [-0.2, -0.15) is 0 Å². The summed E-state index contributed by atoms with van der Waals surface area (Å²) >= 11 is 0. The normalized spacial score (nSPS) is 14.0. The van der Waals surface area contributed by atoms with Gasteiger partial charge >= 0.3 is 5.97 Å². The number of carbonyl (C=O) groups is 2. The number of benzene rings is 1. The van der Waals surface area contributed by atoms with Crippen LogP contribution in [0.4, 0.5) is 5.69 Å². The minimum Gasteiger partial charge on any atom is -0.461 e. The van der Waals surface area contributed by atoms with Gasteiger partial charge in [0.2, 0.25) is 5.76 Å². The number of amides is 1. The zero-order valence-electron chi connectivity index (χ0n) is 14.8. The van der Waals surface area contributed by atoms with Crippen LogP contribution in [-0.4, -0.2) is 46.6 Å². The van der Waals surface area contributed by atoms with E-state index in [0.717, 1.165) is 19.3 Å². The Morgan fingerprint density at radius 1 is 1.22 bits per heavy atom. The van der Waals surface area contributed by atoms with Gasteiger partial charge in [-0.1, -0.05) is 5.16 Å². The topological polar surface area (TPSA) is 116 Å². The molecule has 1 amide bonds. The van der Waals surface area contributed by atoms with Crippen LogP contribution in [0.3, 0.4) is 0 Å². The van der Waals surface area contributed by atoms with Gasteiger partial charge in [0.25, 0.3) is 11.6 Å². The van der Waals surface area contributed by atoms with Gasteiger partial charge in [-0.3, -0.25) is 14.9 Å². The number of rotatable bonds is 5. The summed E-state index contributed by atoms with van der Waals surface area (Å²) in [5, 5.41) is 14.6. The van der Waals surface area contributed by atoms with E-state index in [0.29, 0.717) is 18.7 Å². The molecule has 3 rings (SSSR count). The number of hydrogen-bond acceptors (Lipinski definition) is 7. The average molecular weight is 373 g/mol. The van der Waals surface area contributed by atoms with Gasteiger partial charge in [-0.25, -0.2) is 4.79 Å². The van der Waals surface area contributed by atoms with Crippen LogP contribution in [0, 0.1) is 10.1 Å². The van der Waals surface area contributed by atoms with Crippen LogP contribution in [0.5, 0.6) is 0 Å². The molecule has 1 aromatic carbocycles. The second kappa shape index (κ2) is 7.98. The number of non-ortho nitro benzene ring substituents is 1. The third-order valence-electron chi connectivity index (χ3n) is 4.37. The molecule has 1 saturated heterocycles. The first-order valence-corrected chi connectivity index (χ1v) is 8.73. The lowest BCUT2D eigenvalue weighted by molar-refractivity contribution is -0.384. The van der Waals surface area contributed by atoms with E-state index < -0.39 is 10.9 Å². The number of nitro groups is 1. The van der Waals surface area contributed by atoms with Gasteiger partial charge in [0.1, 0.15) is 0 Å². The van der Waals surface area contributed by atoms with E-state index in [1.54, 1.807) is 11.8 Å². The third-order valence-corrected chi connectivity index (χ3v) is 4.37. The van der Waals surface area contributed by atoms with E-state index in [1.165, 1.54) is 24.3 Å². The van der Waals surface area contributed by atoms with E-state index in [9.17, 15) is 19.7 Å². The first-order chi connectivity index (χ1) is 13.0. The number of carbonyl (C=O) groups excluding carboxylic acids is 2. The molecule has 0 spiro atoms. The van der Waals surface area contributed by atoms with Crippen molar-refractivity contribution in [3.05, 3.63) is 45.8 Å². The van der Waals surface area contributed by atoms with Crippen LogP contribution in [0.25, 0.3) is 11.1 Å². The van der Waals surface area contributed by atoms with E-state index in [2.05, 4.69) is 5.16 Å². The number of nitro benzene ring substituents is 1. The molecule has 1 aliphatic rings. The lowest BCUT2D eigenvalue weighted by Gasteiger charge is -2.25. The standard InChI is InChI=1S/C18H19N3O6/c1-2-26-18(23)15-14(12-6-8-13(9-7-12)21(24)25)16(27-19-15)17(22)20-10-4-3-5-11-20/h6-9H,2-5,10-11H2,1H3. The summed E-state index contributed by atoms with van der Waals surface area (Å²) in [6.45, 7) is 3.01. The lowest BCUT2D eigenvalue weighted by atomic mass is 10.0. The molecule has 2 aromatic rings. The molecule has 142 valence electrons. The molecule has 9 heteroatoms. The second-order valence-electron chi connectivity index (χ2n) is 6.11. The molecule has 0 radical (unpaired) electrons. The SMILES string of the molecule is CCOC(=O)c1noc(C(=O)N2CCCCC2)c1-c1ccc([N+](=O)[O-])cc1. The molecule has 0 N–H and O–H groups in total. The van der Waals surface area contributed by atoms with Crippen LogP contribution in [0.1, 0.15) is 47.2 Å². The molecule has 27 heavy (non-hydrogen) atoms. The summed E-state index contributed by atoms with van der Waals surface area (Å²) in [6, 6.07) is 5.51. The third kappa shape index (κ3) is 3.81. The van der Waals surface area contributed by atoms with Crippen LogP contribution < -0.4 is 0 Å². The molecule has 0 bridgehead atoms. The molecule has 0 unspecified atom stereocenters. The van der Waals surface area contributed by atoms with E-state index in [-0.39, 0.29) is 35.2 Å². The minimum atomic E-state index is -0.715. The molecule has 1 aromatic heterocycles. The number of hydrogen-bond donors (Lipinski definition) is 0. The predicted octanol–water partition coefficient (Wildman–Crippen LogP) is 3.05. The molecular formula is C18H19N3O6. The van der Waals surface area contributed by atoms with Gasteiger partial charge in [0.05, 0.1) is 17.1 Å². The number of esters is 1. The zero-order valence-corrected chi connectivity index (χ0v) is 14.8. The van der Waals surface area contributed by atoms with E-state index >= 15 is 0 Å². The van der Waals surface area contributed by atoms with Crippen molar-refractivity contribution < 1.29 is 23.8 Å². The van der Waals surface area contributed by atoms with Gasteiger partial charge in [0.15, 0.2) is 5.69 Å². The highest BCUT2D eigenvalue weighted by Crippen LogP contribution is 2.31. The average Bonchev–Trinajstić information content (AvgIpc) is 3.13. The molecule has 1 aliphatic heterocycles. The fourth-order valence-electron chi connectivity index (χ4n) is 3.03. The largest absolute Gasteiger partial charge is 0.461 e. The lowest BCUT2D eigenvalue weighted by Crippen LogP contribution is -2.35. The second-order valence-corrected chi connectivity index (χ2v) is 6.11. The molecule has 9 nitrogen and oxygen atoms in total. The quantitative estimate of drug-likeness (QED) is 0.449. The predicted molar refractivity (Wildman–Crippen MR) is 94.3 cm³/mol. The Morgan fingerprint density at radius 2 is 1.89 bits per heavy atom. The first kappa shape index (κ1) is 18.6. The number of likely N-dealkylation sites (tertiary alicyclic amines) is 1. The fraction of sp³-hybridized carbons (Fsp3) is 0.389. The Bertz CT molecular complexity index is 852. The Labute approximate surface area is 155 Å². The Kier molecular flexibility index (Phi) is 5.49. The van der Waals surface area contributed by atoms with E-state index in [1.807, 2.05) is 0 Å². The van der Waals surface area contributed by atoms with Gasteiger partial charge in [-0.05, 0) is 43.9 Å². The summed E-state index contributed by atoms with van der Waals surface area (Å²) < 4.78 is 10.2. The molecular weight excluding hydrogens is 354 g/mol. The maximum absolute atomic E-state index is 12.9. The molecule has 0 saturated carbocycles. The van der Waals surface area contributed by atoms with Crippen molar-refractivity contribution in [2.75, 3.05) is 19.7 Å². The summed E-state index contributed by atoms with van der Waals surface area (Å²) in [4.78, 5) is 37.2. The van der Waals surface area contributed by atoms with Crippen molar-refractivity contribution in [2.45, 2.75) is 26.2 Å². The van der Waals surface area contributed by atoms with Crippen molar-refractivity contribution in [1.29, 1.82) is 0 Å². The van der Waals surface area contributed by atoms with E-state index in [4.69, 9.17) is 9.26 Å². The molecule has 0 aliphatic carbocycles. The summed E-state index contributed by atoms with van der Waals surface area (Å²) in [5.74, 6) is -1.13. The fourth-order valence-corrected chi connectivity index (χ4v) is 3.03. The highest BCUT2D eigenvalue weighted by molar-refractivity contribution is 6.05. The highest BCUT2D eigenvalue weighted by Gasteiger charge is 2.31. The van der Waals surface area contributed by atoms with Crippen molar-refractivity contribution in [2.24, 2.45) is 0 Å². The number of ether oxygens (including phenoxy) is 1. The Morgan fingerprint density at radius 3 is 2.48 bits per heavy atom. The van der Waals surface area contributed by atoms with Crippen molar-refractivity contribution in [3.63, 3.8) is 0 Å². The number of aromatic nitrogens is 1. The molecule has 1 fully saturated rings. The monoisotopic (exact) mass is 373 g/mol. The number of nitrogens with zero attached hydrogens (tertiary/aromatic N) is 3.